The summed E-state index contributed by atoms with van der Waals surface area (Å²) >= 11 is 0. The van der Waals surface area contributed by atoms with E-state index in [9.17, 15) is 14.4 Å². The first-order valence-corrected chi connectivity index (χ1v) is 8.46. The molecule has 2 aromatic rings. The molecule has 1 aromatic carbocycles. The molecule has 0 bridgehead atoms. The molecule has 140 valence electrons. The van der Waals surface area contributed by atoms with Gasteiger partial charge in [0, 0.05) is 30.2 Å². The summed E-state index contributed by atoms with van der Waals surface area (Å²) in [6, 6.07) is 9.34. The topological polar surface area (TPSA) is 109 Å². The minimum atomic E-state index is -0.985. The summed E-state index contributed by atoms with van der Waals surface area (Å²) in [4.78, 5) is 41.6. The maximum Gasteiger partial charge on any atom is 0.305 e. The van der Waals surface area contributed by atoms with Gasteiger partial charge >= 0.3 is 5.97 Å². The van der Waals surface area contributed by atoms with Crippen LogP contribution in [0.4, 0.5) is 5.69 Å². The zero-order valence-corrected chi connectivity index (χ0v) is 14.5. The molecule has 1 unspecified atom stereocenters. The number of morpholine rings is 1. The number of hydrogen-bond donors (Lipinski definition) is 2. The molecule has 8 nitrogen and oxygen atoms in total. The number of carboxylic acid groups (broad SMARTS) is 1. The maximum absolute atomic E-state index is 12.9. The third-order valence-corrected chi connectivity index (χ3v) is 4.19. The van der Waals surface area contributed by atoms with Crippen LogP contribution in [0.2, 0.25) is 0 Å². The minimum Gasteiger partial charge on any atom is -0.481 e. The molecule has 1 aliphatic heterocycles. The van der Waals surface area contributed by atoms with E-state index in [1.54, 1.807) is 42.6 Å². The normalized spacial score (nSPS) is 16.6. The molecular weight excluding hydrogens is 350 g/mol. The number of amides is 2. The Morgan fingerprint density at radius 1 is 1.22 bits per heavy atom. The van der Waals surface area contributed by atoms with Gasteiger partial charge in [-0.25, -0.2) is 0 Å². The average Bonchev–Trinajstić information content (AvgIpc) is 2.68. The largest absolute Gasteiger partial charge is 0.481 e. The molecular formula is C19H19N3O5. The molecule has 8 heteroatoms. The number of nitrogens with zero attached hydrogens (tertiary/aromatic N) is 2. The van der Waals surface area contributed by atoms with Crippen LogP contribution < -0.4 is 5.32 Å². The maximum atomic E-state index is 12.9. The van der Waals surface area contributed by atoms with Crippen LogP contribution in [0.3, 0.4) is 0 Å². The van der Waals surface area contributed by atoms with Gasteiger partial charge in [0.2, 0.25) is 0 Å². The highest BCUT2D eigenvalue weighted by Gasteiger charge is 2.29. The Morgan fingerprint density at radius 2 is 2.04 bits per heavy atom. The van der Waals surface area contributed by atoms with Gasteiger partial charge in [0.1, 0.15) is 0 Å². The number of pyridine rings is 1. The van der Waals surface area contributed by atoms with Gasteiger partial charge < -0.3 is 20.1 Å². The second-order valence-corrected chi connectivity index (χ2v) is 6.10. The summed E-state index contributed by atoms with van der Waals surface area (Å²) < 4.78 is 5.30. The molecule has 0 spiro atoms. The number of benzene rings is 1. The smallest absolute Gasteiger partial charge is 0.305 e. The van der Waals surface area contributed by atoms with Gasteiger partial charge in [-0.05, 0) is 30.3 Å². The third kappa shape index (κ3) is 4.68. The Hall–Kier alpha value is -3.26. The van der Waals surface area contributed by atoms with Crippen molar-refractivity contribution in [3.8, 4) is 0 Å². The molecule has 1 saturated heterocycles. The van der Waals surface area contributed by atoms with Gasteiger partial charge in [-0.3, -0.25) is 19.4 Å². The number of rotatable bonds is 5. The molecule has 2 amide bonds. The molecule has 0 aliphatic carbocycles. The highest BCUT2D eigenvalue weighted by atomic mass is 16.5. The van der Waals surface area contributed by atoms with E-state index in [4.69, 9.17) is 9.84 Å². The molecule has 1 fully saturated rings. The lowest BCUT2D eigenvalue weighted by Crippen LogP contribution is -2.49. The van der Waals surface area contributed by atoms with Gasteiger partial charge in [-0.15, -0.1) is 0 Å². The summed E-state index contributed by atoms with van der Waals surface area (Å²) in [7, 11) is 0. The predicted molar refractivity (Wildman–Crippen MR) is 96.5 cm³/mol. The molecule has 0 saturated carbocycles. The molecule has 1 aliphatic rings. The van der Waals surface area contributed by atoms with Crippen molar-refractivity contribution < 1.29 is 24.2 Å². The Balaban J connectivity index is 1.75. The molecule has 1 atom stereocenters. The molecule has 2 N–H and O–H groups in total. The lowest BCUT2D eigenvalue weighted by Gasteiger charge is -2.35. The Morgan fingerprint density at radius 3 is 2.78 bits per heavy atom. The Bertz CT molecular complexity index is 840. The van der Waals surface area contributed by atoms with Crippen molar-refractivity contribution in [2.45, 2.75) is 12.5 Å². The fourth-order valence-electron chi connectivity index (χ4n) is 2.89. The average molecular weight is 369 g/mol. The first-order valence-electron chi connectivity index (χ1n) is 8.46. The first-order chi connectivity index (χ1) is 13.0. The van der Waals surface area contributed by atoms with Crippen LogP contribution >= 0.6 is 0 Å². The van der Waals surface area contributed by atoms with E-state index in [-0.39, 0.29) is 24.8 Å². The van der Waals surface area contributed by atoms with Crippen LogP contribution in [0.15, 0.2) is 48.8 Å². The molecule has 0 radical (unpaired) electrons. The Kier molecular flexibility index (Phi) is 5.77. The van der Waals surface area contributed by atoms with Crippen LogP contribution in [0.5, 0.6) is 0 Å². The summed E-state index contributed by atoms with van der Waals surface area (Å²) in [5, 5.41) is 11.8. The minimum absolute atomic E-state index is 0.177. The van der Waals surface area contributed by atoms with Crippen LogP contribution in [-0.2, 0) is 9.53 Å². The summed E-state index contributed by atoms with van der Waals surface area (Å²) in [6.07, 6.45) is 2.85. The van der Waals surface area contributed by atoms with Crippen molar-refractivity contribution >= 4 is 23.5 Å². The third-order valence-electron chi connectivity index (χ3n) is 4.19. The summed E-state index contributed by atoms with van der Waals surface area (Å²) in [6.45, 7) is 0.873. The van der Waals surface area contributed by atoms with Crippen LogP contribution in [0.25, 0.3) is 0 Å². The zero-order chi connectivity index (χ0) is 19.2. The quantitative estimate of drug-likeness (QED) is 0.829. The van der Waals surface area contributed by atoms with Gasteiger partial charge in [-0.1, -0.05) is 6.07 Å². The second kappa shape index (κ2) is 8.41. The molecule has 27 heavy (non-hydrogen) atoms. The van der Waals surface area contributed by atoms with Gasteiger partial charge in [-0.2, -0.15) is 0 Å². The van der Waals surface area contributed by atoms with E-state index < -0.39 is 12.0 Å². The number of carboxylic acids is 1. The number of aromatic nitrogens is 1. The lowest BCUT2D eigenvalue weighted by atomic mass is 10.1. The zero-order valence-electron chi connectivity index (χ0n) is 14.5. The van der Waals surface area contributed by atoms with Crippen molar-refractivity contribution in [3.63, 3.8) is 0 Å². The van der Waals surface area contributed by atoms with Crippen LogP contribution in [-0.4, -0.2) is 58.6 Å². The number of aliphatic carboxylic acids is 1. The van der Waals surface area contributed by atoms with Crippen molar-refractivity contribution in [1.29, 1.82) is 0 Å². The van der Waals surface area contributed by atoms with Crippen molar-refractivity contribution in [2.75, 3.05) is 25.1 Å². The standard InChI is InChI=1S/C19H19N3O5/c23-17(24)10-16-12-27-8-7-22(16)19(26)13-3-1-5-15(9-13)21-18(25)14-4-2-6-20-11-14/h1-6,9,11,16H,7-8,10,12H2,(H,21,25)(H,23,24). The van der Waals surface area contributed by atoms with Crippen molar-refractivity contribution in [2.24, 2.45) is 0 Å². The van der Waals surface area contributed by atoms with E-state index in [1.807, 2.05) is 0 Å². The van der Waals surface area contributed by atoms with Crippen molar-refractivity contribution in [1.82, 2.24) is 9.88 Å². The van der Waals surface area contributed by atoms with E-state index in [0.717, 1.165) is 0 Å². The molecule has 2 heterocycles. The van der Waals surface area contributed by atoms with Crippen molar-refractivity contribution in [3.05, 3.63) is 59.9 Å². The van der Waals surface area contributed by atoms with E-state index in [2.05, 4.69) is 10.3 Å². The highest BCUT2D eigenvalue weighted by Crippen LogP contribution is 2.18. The van der Waals surface area contributed by atoms with Crippen LogP contribution in [0, 0.1) is 0 Å². The summed E-state index contributed by atoms with van der Waals surface area (Å²) in [5.41, 5.74) is 1.25. The number of ether oxygens (including phenoxy) is 1. The number of anilines is 1. The van der Waals surface area contributed by atoms with E-state index in [1.165, 1.54) is 11.1 Å². The summed E-state index contributed by atoms with van der Waals surface area (Å²) in [5.74, 6) is -1.61. The second-order valence-electron chi connectivity index (χ2n) is 6.10. The first kappa shape index (κ1) is 18.5. The number of nitrogens with one attached hydrogen (secondary N) is 1. The van der Waals surface area contributed by atoms with Gasteiger partial charge in [0.15, 0.2) is 0 Å². The monoisotopic (exact) mass is 369 g/mol. The van der Waals surface area contributed by atoms with Gasteiger partial charge in [0.25, 0.3) is 11.8 Å². The van der Waals surface area contributed by atoms with E-state index in [0.29, 0.717) is 30.0 Å². The number of hydrogen-bond acceptors (Lipinski definition) is 5. The van der Waals surface area contributed by atoms with Crippen LogP contribution in [0.1, 0.15) is 27.1 Å². The lowest BCUT2D eigenvalue weighted by molar-refractivity contribution is -0.139. The molecule has 1 aromatic heterocycles. The van der Waals surface area contributed by atoms with E-state index >= 15 is 0 Å². The van der Waals surface area contributed by atoms with Gasteiger partial charge in [0.05, 0.1) is 31.2 Å². The number of carbonyl (C=O) groups excluding carboxylic acids is 2. The Labute approximate surface area is 155 Å². The predicted octanol–water partition coefficient (Wildman–Crippen LogP) is 1.65. The fourth-order valence-corrected chi connectivity index (χ4v) is 2.89. The fraction of sp³-hybridized carbons (Fsp3) is 0.263. The highest BCUT2D eigenvalue weighted by molar-refractivity contribution is 6.05. The SMILES string of the molecule is O=C(O)CC1COCCN1C(=O)c1cccc(NC(=O)c2cccnc2)c1. The number of carbonyl (C=O) groups is 3. The molecule has 3 rings (SSSR count).